The molecule has 3 N–H and O–H groups in total. The summed E-state index contributed by atoms with van der Waals surface area (Å²) >= 11 is 0. The molecule has 0 amide bonds. The van der Waals surface area contributed by atoms with Gasteiger partial charge in [0.2, 0.25) is 0 Å². The van der Waals surface area contributed by atoms with Gasteiger partial charge in [-0.3, -0.25) is 4.79 Å². The Labute approximate surface area is 146 Å². The summed E-state index contributed by atoms with van der Waals surface area (Å²) in [7, 11) is 0. The Balaban J connectivity index is 0.00000264. The highest BCUT2D eigenvalue weighted by molar-refractivity contribution is 5.81. The predicted octanol–water partition coefficient (Wildman–Crippen LogP) is -0.394. The lowest BCUT2D eigenvalue weighted by Crippen LogP contribution is -3.00. The van der Waals surface area contributed by atoms with Gasteiger partial charge >= 0.3 is 0 Å². The monoisotopic (exact) mass is 339 g/mol. The highest BCUT2D eigenvalue weighted by Gasteiger charge is 2.22. The predicted molar refractivity (Wildman–Crippen MR) is 88.5 cm³/mol. The molecule has 4 heteroatoms. The molecule has 0 bridgehead atoms. The fraction of sp³-hybridized carbons (Fsp3) is 0.632. The van der Waals surface area contributed by atoms with Crippen molar-refractivity contribution in [2.45, 2.75) is 64.0 Å². The summed E-state index contributed by atoms with van der Waals surface area (Å²) in [6, 6.07) is 9.82. The number of hydrogen-bond donors (Lipinski definition) is 2. The van der Waals surface area contributed by atoms with Gasteiger partial charge in [-0.1, -0.05) is 56.0 Å². The van der Waals surface area contributed by atoms with Gasteiger partial charge in [0.1, 0.15) is 17.9 Å². The van der Waals surface area contributed by atoms with Crippen molar-refractivity contribution in [1.82, 2.24) is 0 Å². The second kappa shape index (κ2) is 10.8. The Morgan fingerprint density at radius 1 is 1.17 bits per heavy atom. The van der Waals surface area contributed by atoms with E-state index in [1.807, 2.05) is 37.3 Å². The van der Waals surface area contributed by atoms with Crippen molar-refractivity contribution in [3.8, 4) is 0 Å². The number of ketones is 1. The maximum Gasteiger partial charge on any atom is 0.141 e. The summed E-state index contributed by atoms with van der Waals surface area (Å²) in [5.74, 6) is 0.727. The first-order valence-electron chi connectivity index (χ1n) is 8.77. The van der Waals surface area contributed by atoms with Gasteiger partial charge in [0.05, 0.1) is 13.0 Å². The quantitative estimate of drug-likeness (QED) is 0.665. The number of hydrogen-bond acceptors (Lipinski definition) is 2. The van der Waals surface area contributed by atoms with E-state index in [0.29, 0.717) is 18.1 Å². The topological polar surface area (TPSA) is 53.9 Å². The maximum absolute atomic E-state index is 12.3. The molecule has 3 nitrogen and oxygen atoms in total. The zero-order valence-electron chi connectivity index (χ0n) is 14.1. The van der Waals surface area contributed by atoms with Crippen molar-refractivity contribution < 1.29 is 27.6 Å². The van der Waals surface area contributed by atoms with Crippen LogP contribution >= 0.6 is 0 Å². The Morgan fingerprint density at radius 3 is 2.39 bits per heavy atom. The number of aliphatic hydroxyl groups excluding tert-OH is 1. The number of carbonyl (C=O) groups excluding carboxylic acids is 1. The lowest BCUT2D eigenvalue weighted by Gasteiger charge is -2.18. The molecule has 130 valence electrons. The molecule has 1 aromatic carbocycles. The Morgan fingerprint density at radius 2 is 1.78 bits per heavy atom. The highest BCUT2D eigenvalue weighted by atomic mass is 35.5. The lowest BCUT2D eigenvalue weighted by atomic mass is 9.93. The molecule has 0 heterocycles. The van der Waals surface area contributed by atoms with Crippen LogP contribution in [-0.4, -0.2) is 23.5 Å². The molecule has 0 aliphatic heterocycles. The van der Waals surface area contributed by atoms with Crippen molar-refractivity contribution in [2.75, 3.05) is 6.54 Å². The van der Waals surface area contributed by atoms with Crippen molar-refractivity contribution >= 4 is 5.78 Å². The molecule has 0 radical (unpaired) electrons. The second-order valence-electron chi connectivity index (χ2n) is 6.64. The molecule has 1 aliphatic rings. The lowest BCUT2D eigenvalue weighted by molar-refractivity contribution is -0.693. The van der Waals surface area contributed by atoms with Crippen LogP contribution in [0.4, 0.5) is 0 Å². The SMILES string of the molecule is CC([NH2+]CCC(=O)C1CCCCCC1)C(O)c1ccccc1.[Cl-]. The van der Waals surface area contributed by atoms with Gasteiger partial charge in [-0.2, -0.15) is 0 Å². The number of Topliss-reactive ketones (excluding diaryl/α,β-unsaturated/α-hetero) is 1. The standard InChI is InChI=1S/C19H29NO2.ClH/c1-15(19(22)17-11-7-4-8-12-17)20-14-13-18(21)16-9-5-2-3-6-10-16;/h4,7-8,11-12,15-16,19-20,22H,2-3,5-6,9-10,13-14H2,1H3;1H. The number of quaternary nitrogens is 1. The molecule has 23 heavy (non-hydrogen) atoms. The second-order valence-corrected chi connectivity index (χ2v) is 6.64. The zero-order chi connectivity index (χ0) is 15.8. The van der Waals surface area contributed by atoms with Crippen molar-refractivity contribution in [3.05, 3.63) is 35.9 Å². The Hall–Kier alpha value is -0.900. The first-order chi connectivity index (χ1) is 10.7. The summed E-state index contributed by atoms with van der Waals surface area (Å²) in [5.41, 5.74) is 0.946. The molecular formula is C19H30ClNO2. The minimum atomic E-state index is -0.478. The molecule has 0 spiro atoms. The minimum absolute atomic E-state index is 0. The average molecular weight is 340 g/mol. The molecule has 0 aromatic heterocycles. The molecule has 2 rings (SSSR count). The Bertz CT molecular complexity index is 444. The van der Waals surface area contributed by atoms with Crippen LogP contribution in [0, 0.1) is 5.92 Å². The van der Waals surface area contributed by atoms with Crippen LogP contribution < -0.4 is 17.7 Å². The molecule has 1 aromatic rings. The summed E-state index contributed by atoms with van der Waals surface area (Å²) in [6.07, 6.45) is 7.33. The number of nitrogens with two attached hydrogens (primary N) is 1. The number of benzene rings is 1. The van der Waals surface area contributed by atoms with E-state index >= 15 is 0 Å². The van der Waals surface area contributed by atoms with Crippen LogP contribution in [0.2, 0.25) is 0 Å². The Kier molecular flexibility index (Phi) is 9.46. The van der Waals surface area contributed by atoms with Gasteiger partial charge in [-0.25, -0.2) is 0 Å². The molecule has 1 fully saturated rings. The van der Waals surface area contributed by atoms with E-state index < -0.39 is 6.10 Å². The molecule has 2 atom stereocenters. The van der Waals surface area contributed by atoms with Crippen LogP contribution in [0.5, 0.6) is 0 Å². The molecule has 1 aliphatic carbocycles. The van der Waals surface area contributed by atoms with Gasteiger partial charge in [-0.05, 0) is 25.3 Å². The van der Waals surface area contributed by atoms with Crippen molar-refractivity contribution in [1.29, 1.82) is 0 Å². The van der Waals surface area contributed by atoms with Gasteiger partial charge in [0, 0.05) is 5.92 Å². The fourth-order valence-corrected chi connectivity index (χ4v) is 3.38. The van der Waals surface area contributed by atoms with Crippen LogP contribution in [-0.2, 0) is 4.79 Å². The van der Waals surface area contributed by atoms with Gasteiger partial charge in [0.25, 0.3) is 0 Å². The van der Waals surface area contributed by atoms with Crippen molar-refractivity contribution in [3.63, 3.8) is 0 Å². The fourth-order valence-electron chi connectivity index (χ4n) is 3.38. The van der Waals surface area contributed by atoms with E-state index in [0.717, 1.165) is 24.9 Å². The normalized spacial score (nSPS) is 18.5. The average Bonchev–Trinajstić information content (AvgIpc) is 2.84. The van der Waals surface area contributed by atoms with E-state index in [2.05, 4.69) is 5.32 Å². The van der Waals surface area contributed by atoms with E-state index in [1.54, 1.807) is 0 Å². The zero-order valence-corrected chi connectivity index (χ0v) is 14.8. The highest BCUT2D eigenvalue weighted by Crippen LogP contribution is 2.24. The van der Waals surface area contributed by atoms with Gasteiger partial charge in [-0.15, -0.1) is 0 Å². The van der Waals surface area contributed by atoms with Crippen LogP contribution in [0.25, 0.3) is 0 Å². The summed E-state index contributed by atoms with van der Waals surface area (Å²) in [5, 5.41) is 12.4. The third-order valence-electron chi connectivity index (χ3n) is 4.88. The van der Waals surface area contributed by atoms with E-state index in [1.165, 1.54) is 25.7 Å². The van der Waals surface area contributed by atoms with E-state index in [4.69, 9.17) is 0 Å². The van der Waals surface area contributed by atoms with Crippen LogP contribution in [0.3, 0.4) is 0 Å². The largest absolute Gasteiger partial charge is 1.00 e. The third kappa shape index (κ3) is 6.62. The minimum Gasteiger partial charge on any atom is -1.00 e. The first kappa shape index (κ1) is 20.1. The molecular weight excluding hydrogens is 310 g/mol. The number of aliphatic hydroxyl groups is 1. The van der Waals surface area contributed by atoms with Gasteiger partial charge in [0.15, 0.2) is 0 Å². The van der Waals surface area contributed by atoms with Crippen molar-refractivity contribution in [2.24, 2.45) is 5.92 Å². The molecule has 2 unspecified atom stereocenters. The van der Waals surface area contributed by atoms with E-state index in [9.17, 15) is 9.90 Å². The maximum atomic E-state index is 12.3. The number of halogens is 1. The summed E-state index contributed by atoms with van der Waals surface area (Å²) in [4.78, 5) is 12.3. The third-order valence-corrected chi connectivity index (χ3v) is 4.88. The molecule has 0 saturated heterocycles. The van der Waals surface area contributed by atoms with Crippen LogP contribution in [0.1, 0.15) is 63.5 Å². The van der Waals surface area contributed by atoms with E-state index in [-0.39, 0.29) is 18.4 Å². The number of rotatable bonds is 7. The summed E-state index contributed by atoms with van der Waals surface area (Å²) < 4.78 is 0. The first-order valence-corrected chi connectivity index (χ1v) is 8.77. The molecule has 1 saturated carbocycles. The smallest absolute Gasteiger partial charge is 0.141 e. The van der Waals surface area contributed by atoms with Crippen LogP contribution in [0.15, 0.2) is 30.3 Å². The number of carbonyl (C=O) groups is 1. The summed E-state index contributed by atoms with van der Waals surface area (Å²) in [6.45, 7) is 2.80. The van der Waals surface area contributed by atoms with Gasteiger partial charge < -0.3 is 22.8 Å².